The van der Waals surface area contributed by atoms with E-state index in [1.807, 2.05) is 72.3 Å². The molecule has 1 aromatic carbocycles. The third-order valence-corrected chi connectivity index (χ3v) is 6.17. The highest BCUT2D eigenvalue weighted by Gasteiger charge is 2.23. The van der Waals surface area contributed by atoms with Gasteiger partial charge in [-0.05, 0) is 48.9 Å². The summed E-state index contributed by atoms with van der Waals surface area (Å²) in [7, 11) is 0. The molecule has 31 heavy (non-hydrogen) atoms. The van der Waals surface area contributed by atoms with E-state index in [-0.39, 0.29) is 5.91 Å². The molecule has 5 aromatic rings. The Hall–Kier alpha value is -3.71. The van der Waals surface area contributed by atoms with Gasteiger partial charge in [0.15, 0.2) is 0 Å². The highest BCUT2D eigenvalue weighted by molar-refractivity contribution is 7.20. The molecule has 0 unspecified atom stereocenters. The molecule has 154 valence electrons. The van der Waals surface area contributed by atoms with Crippen molar-refractivity contribution in [3.05, 3.63) is 101 Å². The molecule has 0 radical (unpaired) electrons. The lowest BCUT2D eigenvalue weighted by atomic mass is 10.2. The highest BCUT2D eigenvalue weighted by atomic mass is 32.1. The summed E-state index contributed by atoms with van der Waals surface area (Å²) in [4.78, 5) is 21.2. The molecular formula is C24H20N4O2S. The second kappa shape index (κ2) is 8.20. The Morgan fingerprint density at radius 1 is 1.10 bits per heavy atom. The van der Waals surface area contributed by atoms with E-state index in [4.69, 9.17) is 4.42 Å². The van der Waals surface area contributed by atoms with Gasteiger partial charge in [0.05, 0.1) is 29.1 Å². The SMILES string of the molecule is Cc1nn(-c2ccccc2)c2sc(C(=O)N(Cc3cccnc3)Cc3ccco3)cc12. The highest BCUT2D eigenvalue weighted by Crippen LogP contribution is 2.31. The molecule has 0 fully saturated rings. The summed E-state index contributed by atoms with van der Waals surface area (Å²) in [6.45, 7) is 2.81. The number of para-hydroxylation sites is 1. The van der Waals surface area contributed by atoms with Crippen LogP contribution in [0.15, 0.2) is 83.7 Å². The van der Waals surface area contributed by atoms with Gasteiger partial charge in [0.2, 0.25) is 0 Å². The normalized spacial score (nSPS) is 11.1. The average Bonchev–Trinajstić information content (AvgIpc) is 3.53. The molecular weight excluding hydrogens is 408 g/mol. The predicted octanol–water partition coefficient (Wildman–Crippen LogP) is 5.23. The second-order valence-electron chi connectivity index (χ2n) is 7.26. The maximum absolute atomic E-state index is 13.5. The number of pyridine rings is 1. The number of carbonyl (C=O) groups is 1. The van der Waals surface area contributed by atoms with Crippen LogP contribution < -0.4 is 0 Å². The van der Waals surface area contributed by atoms with Crippen LogP contribution in [0.5, 0.6) is 0 Å². The molecule has 0 spiro atoms. The lowest BCUT2D eigenvalue weighted by Gasteiger charge is -2.21. The van der Waals surface area contributed by atoms with Gasteiger partial charge in [-0.15, -0.1) is 11.3 Å². The third kappa shape index (κ3) is 3.87. The van der Waals surface area contributed by atoms with E-state index in [1.54, 1.807) is 23.6 Å². The van der Waals surface area contributed by atoms with Gasteiger partial charge in [-0.25, -0.2) is 4.68 Å². The van der Waals surface area contributed by atoms with E-state index in [0.29, 0.717) is 18.0 Å². The Balaban J connectivity index is 1.51. The number of benzene rings is 1. The van der Waals surface area contributed by atoms with Gasteiger partial charge < -0.3 is 9.32 Å². The Bertz CT molecular complexity index is 1310. The van der Waals surface area contributed by atoms with E-state index < -0.39 is 0 Å². The number of carbonyl (C=O) groups excluding carboxylic acids is 1. The van der Waals surface area contributed by atoms with E-state index >= 15 is 0 Å². The molecule has 6 nitrogen and oxygen atoms in total. The minimum absolute atomic E-state index is 0.0412. The van der Waals surface area contributed by atoms with Crippen molar-refractivity contribution in [3.8, 4) is 5.69 Å². The summed E-state index contributed by atoms with van der Waals surface area (Å²) in [5.74, 6) is 0.699. The fourth-order valence-electron chi connectivity index (χ4n) is 3.55. The Kier molecular flexibility index (Phi) is 5.09. The van der Waals surface area contributed by atoms with Crippen LogP contribution in [0.4, 0.5) is 0 Å². The number of aromatic nitrogens is 3. The van der Waals surface area contributed by atoms with Gasteiger partial charge in [0, 0.05) is 24.3 Å². The van der Waals surface area contributed by atoms with Crippen LogP contribution in [0, 0.1) is 6.92 Å². The summed E-state index contributed by atoms with van der Waals surface area (Å²) in [5, 5.41) is 5.67. The zero-order valence-electron chi connectivity index (χ0n) is 16.9. The molecule has 4 heterocycles. The standard InChI is InChI=1S/C24H20N4O2S/c1-17-21-13-22(31-24(21)28(26-17)19-8-3-2-4-9-19)23(29)27(16-20-10-6-12-30-20)15-18-7-5-11-25-14-18/h2-14H,15-16H2,1H3. The maximum atomic E-state index is 13.5. The summed E-state index contributed by atoms with van der Waals surface area (Å²) in [5.41, 5.74) is 2.85. The first-order valence-corrected chi connectivity index (χ1v) is 10.8. The van der Waals surface area contributed by atoms with Crippen LogP contribution in [0.2, 0.25) is 0 Å². The van der Waals surface area contributed by atoms with Crippen LogP contribution in [-0.2, 0) is 13.1 Å². The molecule has 0 bridgehead atoms. The number of aryl methyl sites for hydroxylation is 1. The predicted molar refractivity (Wildman–Crippen MR) is 120 cm³/mol. The average molecular weight is 429 g/mol. The molecule has 0 saturated carbocycles. The quantitative estimate of drug-likeness (QED) is 0.372. The van der Waals surface area contributed by atoms with E-state index in [2.05, 4.69) is 10.1 Å². The zero-order valence-corrected chi connectivity index (χ0v) is 17.7. The Morgan fingerprint density at radius 2 is 1.97 bits per heavy atom. The van der Waals surface area contributed by atoms with Crippen LogP contribution >= 0.6 is 11.3 Å². The molecule has 0 aliphatic rings. The van der Waals surface area contributed by atoms with Crippen LogP contribution in [0.25, 0.3) is 15.9 Å². The van der Waals surface area contributed by atoms with Gasteiger partial charge in [0.25, 0.3) is 5.91 Å². The van der Waals surface area contributed by atoms with Crippen molar-refractivity contribution in [2.45, 2.75) is 20.0 Å². The molecule has 1 amide bonds. The van der Waals surface area contributed by atoms with Crippen molar-refractivity contribution in [2.75, 3.05) is 0 Å². The first-order chi connectivity index (χ1) is 15.2. The van der Waals surface area contributed by atoms with Crippen LogP contribution in [-0.4, -0.2) is 25.6 Å². The largest absolute Gasteiger partial charge is 0.467 e. The lowest BCUT2D eigenvalue weighted by Crippen LogP contribution is -2.29. The molecule has 0 saturated heterocycles. The second-order valence-corrected chi connectivity index (χ2v) is 8.29. The first kappa shape index (κ1) is 19.3. The van der Waals surface area contributed by atoms with Gasteiger partial charge in [-0.2, -0.15) is 5.10 Å². The van der Waals surface area contributed by atoms with Crippen molar-refractivity contribution in [1.29, 1.82) is 0 Å². The maximum Gasteiger partial charge on any atom is 0.264 e. The number of fused-ring (bicyclic) bond motifs is 1. The first-order valence-electron chi connectivity index (χ1n) is 9.94. The zero-order chi connectivity index (χ0) is 21.2. The Morgan fingerprint density at radius 3 is 2.71 bits per heavy atom. The third-order valence-electron chi connectivity index (χ3n) is 5.07. The summed E-state index contributed by atoms with van der Waals surface area (Å²) in [6.07, 6.45) is 5.14. The topological polar surface area (TPSA) is 64.2 Å². The van der Waals surface area contributed by atoms with Crippen molar-refractivity contribution in [1.82, 2.24) is 19.7 Å². The minimum atomic E-state index is -0.0412. The van der Waals surface area contributed by atoms with Gasteiger partial charge in [-0.1, -0.05) is 24.3 Å². The van der Waals surface area contributed by atoms with Crippen molar-refractivity contribution < 1.29 is 9.21 Å². The van der Waals surface area contributed by atoms with Crippen LogP contribution in [0.1, 0.15) is 26.7 Å². The number of rotatable bonds is 6. The summed E-state index contributed by atoms with van der Waals surface area (Å²) < 4.78 is 7.41. The van der Waals surface area contributed by atoms with E-state index in [0.717, 1.165) is 32.9 Å². The molecule has 5 rings (SSSR count). The summed E-state index contributed by atoms with van der Waals surface area (Å²) >= 11 is 1.46. The fraction of sp³-hybridized carbons (Fsp3) is 0.125. The minimum Gasteiger partial charge on any atom is -0.467 e. The van der Waals surface area contributed by atoms with E-state index in [1.165, 1.54) is 11.3 Å². The number of furan rings is 1. The number of hydrogen-bond donors (Lipinski definition) is 0. The molecule has 4 aromatic heterocycles. The Labute approximate surface area is 183 Å². The van der Waals surface area contributed by atoms with Crippen molar-refractivity contribution in [3.63, 3.8) is 0 Å². The molecule has 0 atom stereocenters. The van der Waals surface area contributed by atoms with Gasteiger partial charge in [-0.3, -0.25) is 9.78 Å². The number of nitrogens with zero attached hydrogens (tertiary/aromatic N) is 4. The monoisotopic (exact) mass is 428 g/mol. The number of hydrogen-bond acceptors (Lipinski definition) is 5. The van der Waals surface area contributed by atoms with Gasteiger partial charge in [0.1, 0.15) is 10.6 Å². The van der Waals surface area contributed by atoms with Crippen molar-refractivity contribution >= 4 is 27.5 Å². The summed E-state index contributed by atoms with van der Waals surface area (Å²) in [6, 6.07) is 19.5. The van der Waals surface area contributed by atoms with Crippen molar-refractivity contribution in [2.24, 2.45) is 0 Å². The van der Waals surface area contributed by atoms with E-state index in [9.17, 15) is 4.79 Å². The lowest BCUT2D eigenvalue weighted by molar-refractivity contribution is 0.0722. The molecule has 0 aliphatic carbocycles. The molecule has 0 aliphatic heterocycles. The fourth-order valence-corrected chi connectivity index (χ4v) is 4.71. The molecule has 7 heteroatoms. The number of amides is 1. The number of thiophene rings is 1. The molecule has 0 N–H and O–H groups in total. The van der Waals surface area contributed by atoms with Gasteiger partial charge >= 0.3 is 0 Å². The smallest absolute Gasteiger partial charge is 0.264 e. The van der Waals surface area contributed by atoms with Crippen LogP contribution in [0.3, 0.4) is 0 Å².